The Balaban J connectivity index is 0.000000858. The van der Waals surface area contributed by atoms with E-state index < -0.39 is 6.55 Å². The Morgan fingerprint density at radius 1 is 1.39 bits per heavy atom. The molecule has 2 atom stereocenters. The third-order valence-electron chi connectivity index (χ3n) is 5.29. The van der Waals surface area contributed by atoms with Gasteiger partial charge in [0.2, 0.25) is 0 Å². The molecule has 6 nitrogen and oxygen atoms in total. The van der Waals surface area contributed by atoms with Crippen molar-refractivity contribution < 1.29 is 18.7 Å². The fraction of sp³-hybridized carbons (Fsp3) is 0.400. The molecule has 0 spiro atoms. The summed E-state index contributed by atoms with van der Waals surface area (Å²) in [6.07, 6.45) is 3.47. The number of halogens is 4. The first-order valence-electron chi connectivity index (χ1n) is 9.66. The predicted molar refractivity (Wildman–Crippen MR) is 121 cm³/mol. The van der Waals surface area contributed by atoms with Crippen LogP contribution in [0.1, 0.15) is 48.7 Å². The summed E-state index contributed by atoms with van der Waals surface area (Å²) in [4.78, 5) is 13.7. The zero-order valence-corrected chi connectivity index (χ0v) is 18.7. The van der Waals surface area contributed by atoms with Crippen molar-refractivity contribution in [1.82, 2.24) is 9.55 Å². The van der Waals surface area contributed by atoms with Gasteiger partial charge in [-0.1, -0.05) is 42.1 Å². The second-order valence-electron chi connectivity index (χ2n) is 7.13. The van der Waals surface area contributed by atoms with Gasteiger partial charge in [-0.25, -0.2) is 4.98 Å². The summed E-state index contributed by atoms with van der Waals surface area (Å²) in [5, 5.41) is 12.5. The van der Waals surface area contributed by atoms with Crippen LogP contribution in [0.15, 0.2) is 23.6 Å². The molecule has 3 heterocycles. The van der Waals surface area contributed by atoms with Crippen molar-refractivity contribution in [2.45, 2.75) is 50.7 Å². The zero-order valence-electron chi connectivity index (χ0n) is 16.4. The van der Waals surface area contributed by atoms with E-state index in [1.165, 1.54) is 0 Å². The van der Waals surface area contributed by atoms with Crippen LogP contribution in [0.2, 0.25) is 10.2 Å². The summed E-state index contributed by atoms with van der Waals surface area (Å²) in [6, 6.07) is 5.28. The molecule has 0 amide bonds. The van der Waals surface area contributed by atoms with Crippen LogP contribution in [-0.2, 0) is 11.3 Å². The van der Waals surface area contributed by atoms with Crippen LogP contribution in [-0.4, -0.2) is 27.2 Å². The van der Waals surface area contributed by atoms with E-state index in [1.807, 2.05) is 17.5 Å². The molecule has 1 fully saturated rings. The number of rotatable bonds is 5. The first-order valence-corrected chi connectivity index (χ1v) is 11.3. The van der Waals surface area contributed by atoms with Gasteiger partial charge in [0.1, 0.15) is 10.7 Å². The van der Waals surface area contributed by atoms with Crippen LogP contribution in [0.5, 0.6) is 0 Å². The number of nitrogens with two attached hydrogens (primary N) is 1. The van der Waals surface area contributed by atoms with Crippen LogP contribution >= 0.6 is 34.5 Å². The molecule has 0 bridgehead atoms. The molecule has 168 valence electrons. The molecule has 3 aromatic heterocycles. The van der Waals surface area contributed by atoms with E-state index in [1.54, 1.807) is 17.4 Å². The normalized spacial score (nSPS) is 18.6. The van der Waals surface area contributed by atoms with Gasteiger partial charge in [-0.2, -0.15) is 8.78 Å². The number of hydrogen-bond acceptors (Lipinski definition) is 5. The van der Waals surface area contributed by atoms with Crippen molar-refractivity contribution in [2.24, 2.45) is 5.73 Å². The fourth-order valence-corrected chi connectivity index (χ4v) is 5.23. The van der Waals surface area contributed by atoms with Crippen LogP contribution in [0, 0.1) is 0 Å². The second kappa shape index (κ2) is 10.6. The average Bonchev–Trinajstić information content (AvgIpc) is 3.34. The summed E-state index contributed by atoms with van der Waals surface area (Å²) in [6.45, 7) is -2.51. The van der Waals surface area contributed by atoms with Crippen molar-refractivity contribution in [3.05, 3.63) is 44.3 Å². The first-order chi connectivity index (χ1) is 14.9. The Bertz CT molecular complexity index is 1030. The number of hydrogen-bond donors (Lipinski definition) is 3. The van der Waals surface area contributed by atoms with Gasteiger partial charge in [-0.05, 0) is 24.3 Å². The third kappa shape index (κ3) is 5.11. The molecule has 1 saturated carbocycles. The number of thiophene rings is 1. The van der Waals surface area contributed by atoms with Crippen LogP contribution in [0.4, 0.5) is 14.5 Å². The molecule has 3 aromatic rings. The van der Waals surface area contributed by atoms with Gasteiger partial charge >= 0.3 is 6.55 Å². The lowest BCUT2D eigenvalue weighted by molar-refractivity contribution is -0.122. The highest BCUT2D eigenvalue weighted by Gasteiger charge is 2.34. The molecule has 4 N–H and O–H groups in total. The maximum absolute atomic E-state index is 14.2. The van der Waals surface area contributed by atoms with Gasteiger partial charge in [-0.3, -0.25) is 9.36 Å². The highest BCUT2D eigenvalue weighted by atomic mass is 35.5. The second-order valence-corrected chi connectivity index (χ2v) is 8.93. The van der Waals surface area contributed by atoms with E-state index >= 15 is 0 Å². The Morgan fingerprint density at radius 3 is 2.71 bits per heavy atom. The van der Waals surface area contributed by atoms with Crippen LogP contribution in [0.25, 0.3) is 11.0 Å². The number of fused-ring (bicyclic) bond motifs is 1. The molecule has 0 aromatic carbocycles. The molecule has 1 aliphatic carbocycles. The van der Waals surface area contributed by atoms with Crippen LogP contribution < -0.4 is 11.1 Å². The lowest BCUT2D eigenvalue weighted by Gasteiger charge is -2.30. The summed E-state index contributed by atoms with van der Waals surface area (Å²) < 4.78 is 29.4. The van der Waals surface area contributed by atoms with Gasteiger partial charge in [-0.15, -0.1) is 11.3 Å². The summed E-state index contributed by atoms with van der Waals surface area (Å²) in [7, 11) is 0. The molecular weight excluding hydrogens is 469 g/mol. The Morgan fingerprint density at radius 2 is 2.10 bits per heavy atom. The van der Waals surface area contributed by atoms with Gasteiger partial charge in [0.25, 0.3) is 6.47 Å². The number of nitrogens with one attached hydrogen (secondary N) is 1. The molecule has 0 saturated heterocycles. The van der Waals surface area contributed by atoms with E-state index in [9.17, 15) is 8.78 Å². The molecule has 11 heteroatoms. The minimum Gasteiger partial charge on any atom is -0.483 e. The van der Waals surface area contributed by atoms with Gasteiger partial charge in [0.15, 0.2) is 0 Å². The molecule has 4 rings (SSSR count). The Labute approximate surface area is 192 Å². The molecule has 31 heavy (non-hydrogen) atoms. The quantitative estimate of drug-likeness (QED) is 0.296. The monoisotopic (exact) mass is 490 g/mol. The SMILES string of the molecule is N[C@@H]1CCCC[C@H]1c1c(Cl)c2nc(Cl)cc(NCc3cccs3)c2n1C(F)F.O=CO. The largest absolute Gasteiger partial charge is 0.483 e. The van der Waals surface area contributed by atoms with Crippen LogP contribution in [0.3, 0.4) is 0 Å². The predicted octanol–water partition coefficient (Wildman–Crippen LogP) is 6.10. The lowest BCUT2D eigenvalue weighted by atomic mass is 9.83. The standard InChI is InChI=1S/C19H20Cl2F2N4S.CH2O2/c20-14-8-13(25-9-10-4-3-7-28-10)18-16(26-14)15(21)17(27(18)19(22)23)11-5-1-2-6-12(11)24;2-1-3/h3-4,7-8,11-12,19H,1-2,5-6,9,24H2,(H,25,26);1H,(H,2,3)/t11-,12-;/m1./s1. The van der Waals surface area contributed by atoms with Gasteiger partial charge < -0.3 is 16.2 Å². The van der Waals surface area contributed by atoms with Crippen molar-refractivity contribution in [3.8, 4) is 0 Å². The fourth-order valence-electron chi connectivity index (χ4n) is 4.02. The average molecular weight is 491 g/mol. The summed E-state index contributed by atoms with van der Waals surface area (Å²) in [5.74, 6) is -0.228. The molecule has 1 aliphatic rings. The number of alkyl halides is 2. The number of carboxylic acid groups (broad SMARTS) is 1. The first kappa shape index (κ1) is 23.7. The topological polar surface area (TPSA) is 93.2 Å². The number of nitrogens with zero attached hydrogens (tertiary/aromatic N) is 2. The number of anilines is 1. The van der Waals surface area contributed by atoms with E-state index in [0.29, 0.717) is 17.9 Å². The molecule has 0 unspecified atom stereocenters. The number of aromatic nitrogens is 2. The Hall–Kier alpha value is -1.94. The Kier molecular flexibility index (Phi) is 8.10. The van der Waals surface area contributed by atoms with Gasteiger partial charge in [0, 0.05) is 35.1 Å². The maximum atomic E-state index is 14.2. The van der Waals surface area contributed by atoms with E-state index in [0.717, 1.165) is 35.1 Å². The zero-order chi connectivity index (χ0) is 22.5. The van der Waals surface area contributed by atoms with E-state index in [-0.39, 0.29) is 39.6 Å². The van der Waals surface area contributed by atoms with Gasteiger partial charge in [0.05, 0.1) is 16.2 Å². The van der Waals surface area contributed by atoms with Crippen molar-refractivity contribution in [1.29, 1.82) is 0 Å². The smallest absolute Gasteiger partial charge is 0.319 e. The van der Waals surface area contributed by atoms with Crippen molar-refractivity contribution in [2.75, 3.05) is 5.32 Å². The molecule has 0 aliphatic heterocycles. The summed E-state index contributed by atoms with van der Waals surface area (Å²) >= 11 is 14.4. The minimum atomic E-state index is -2.76. The van der Waals surface area contributed by atoms with Crippen molar-refractivity contribution in [3.63, 3.8) is 0 Å². The molecular formula is C20H22Cl2F2N4O2S. The highest BCUT2D eigenvalue weighted by Crippen LogP contribution is 2.45. The minimum absolute atomic E-state index is 0.203. The number of pyridine rings is 1. The maximum Gasteiger partial charge on any atom is 0.319 e. The van der Waals surface area contributed by atoms with E-state index in [4.69, 9.17) is 38.8 Å². The summed E-state index contributed by atoms with van der Waals surface area (Å²) in [5.41, 5.74) is 7.70. The molecule has 0 radical (unpaired) electrons. The number of carbonyl (C=O) groups is 1. The van der Waals surface area contributed by atoms with Crippen molar-refractivity contribution >= 4 is 57.7 Å². The highest BCUT2D eigenvalue weighted by molar-refractivity contribution is 7.09. The lowest BCUT2D eigenvalue weighted by Crippen LogP contribution is -2.33. The third-order valence-corrected chi connectivity index (χ3v) is 6.74. The van der Waals surface area contributed by atoms with E-state index in [2.05, 4.69) is 10.3 Å².